The molecule has 1 amide bonds. The molecule has 0 aliphatic heterocycles. The van der Waals surface area contributed by atoms with Crippen LogP contribution in [0.5, 0.6) is 5.75 Å². The number of nitrogens with one attached hydrogen (secondary N) is 1. The molecule has 3 nitrogen and oxygen atoms in total. The van der Waals surface area contributed by atoms with Gasteiger partial charge in [0.15, 0.2) is 0 Å². The van der Waals surface area contributed by atoms with Gasteiger partial charge in [-0.3, -0.25) is 4.79 Å². The molecule has 0 atom stereocenters. The van der Waals surface area contributed by atoms with Crippen molar-refractivity contribution in [1.82, 2.24) is 0 Å². The van der Waals surface area contributed by atoms with Gasteiger partial charge in [-0.2, -0.15) is 0 Å². The zero-order valence-corrected chi connectivity index (χ0v) is 13.9. The Bertz CT molecular complexity index is 649. The van der Waals surface area contributed by atoms with E-state index < -0.39 is 0 Å². The predicted molar refractivity (Wildman–Crippen MR) is 90.8 cm³/mol. The van der Waals surface area contributed by atoms with Crippen molar-refractivity contribution >= 4 is 11.6 Å². The average Bonchev–Trinajstić information content (AvgIpc) is 2.39. The number of carbonyl (C=O) groups is 1. The lowest BCUT2D eigenvalue weighted by Gasteiger charge is -2.13. The van der Waals surface area contributed by atoms with Crippen LogP contribution in [0, 0.1) is 20.8 Å². The number of benzene rings is 2. The van der Waals surface area contributed by atoms with Crippen LogP contribution in [-0.2, 0) is 0 Å². The molecule has 0 spiro atoms. The van der Waals surface area contributed by atoms with Gasteiger partial charge in [-0.05, 0) is 70.0 Å². The third-order valence-electron chi connectivity index (χ3n) is 3.39. The second-order valence-corrected chi connectivity index (χ2v) is 5.92. The zero-order valence-electron chi connectivity index (χ0n) is 13.9. The molecule has 0 fully saturated rings. The molecule has 0 saturated carbocycles. The summed E-state index contributed by atoms with van der Waals surface area (Å²) < 4.78 is 5.60. The summed E-state index contributed by atoms with van der Waals surface area (Å²) in [6.45, 7) is 9.94. The SMILES string of the molecule is Cc1cc(C)c(C(=O)Nc2ccc(OC(C)C)cc2)c(C)c1. The molecule has 2 aromatic carbocycles. The lowest BCUT2D eigenvalue weighted by atomic mass is 9.99. The third kappa shape index (κ3) is 3.88. The molecule has 3 heteroatoms. The minimum Gasteiger partial charge on any atom is -0.491 e. The van der Waals surface area contributed by atoms with Gasteiger partial charge in [-0.1, -0.05) is 17.7 Å². The van der Waals surface area contributed by atoms with Crippen molar-refractivity contribution in [3.63, 3.8) is 0 Å². The largest absolute Gasteiger partial charge is 0.491 e. The molecule has 0 heterocycles. The Morgan fingerprint density at radius 2 is 1.55 bits per heavy atom. The Morgan fingerprint density at radius 3 is 2.05 bits per heavy atom. The number of hydrogen-bond donors (Lipinski definition) is 1. The highest BCUT2D eigenvalue weighted by atomic mass is 16.5. The van der Waals surface area contributed by atoms with Crippen molar-refractivity contribution in [2.75, 3.05) is 5.32 Å². The van der Waals surface area contributed by atoms with E-state index in [2.05, 4.69) is 5.32 Å². The summed E-state index contributed by atoms with van der Waals surface area (Å²) in [4.78, 5) is 12.5. The minimum absolute atomic E-state index is 0.0764. The molecular formula is C19H23NO2. The first-order chi connectivity index (χ1) is 10.4. The van der Waals surface area contributed by atoms with E-state index in [1.807, 2.05) is 71.0 Å². The van der Waals surface area contributed by atoms with E-state index >= 15 is 0 Å². The molecule has 0 unspecified atom stereocenters. The Kier molecular flexibility index (Phi) is 4.86. The fourth-order valence-corrected chi connectivity index (χ4v) is 2.62. The van der Waals surface area contributed by atoms with Gasteiger partial charge in [0.1, 0.15) is 5.75 Å². The van der Waals surface area contributed by atoms with Gasteiger partial charge < -0.3 is 10.1 Å². The molecule has 0 aliphatic rings. The molecule has 2 rings (SSSR count). The molecule has 0 aromatic heterocycles. The number of ether oxygens (including phenoxy) is 1. The van der Waals surface area contributed by atoms with Gasteiger partial charge in [-0.25, -0.2) is 0 Å². The second kappa shape index (κ2) is 6.65. The Morgan fingerprint density at radius 1 is 1.00 bits per heavy atom. The van der Waals surface area contributed by atoms with Crippen LogP contribution in [0.2, 0.25) is 0 Å². The van der Waals surface area contributed by atoms with Crippen molar-refractivity contribution < 1.29 is 9.53 Å². The first-order valence-corrected chi connectivity index (χ1v) is 7.52. The molecular weight excluding hydrogens is 274 g/mol. The van der Waals surface area contributed by atoms with E-state index in [0.29, 0.717) is 0 Å². The average molecular weight is 297 g/mol. The van der Waals surface area contributed by atoms with Crippen molar-refractivity contribution in [3.05, 3.63) is 58.7 Å². The van der Waals surface area contributed by atoms with Gasteiger partial charge in [0.05, 0.1) is 6.10 Å². The van der Waals surface area contributed by atoms with E-state index in [0.717, 1.165) is 28.1 Å². The Balaban J connectivity index is 2.15. The molecule has 0 aliphatic carbocycles. The quantitative estimate of drug-likeness (QED) is 0.892. The smallest absolute Gasteiger partial charge is 0.256 e. The van der Waals surface area contributed by atoms with Crippen LogP contribution in [0.3, 0.4) is 0 Å². The predicted octanol–water partition coefficient (Wildman–Crippen LogP) is 4.65. The van der Waals surface area contributed by atoms with Crippen LogP contribution in [0.15, 0.2) is 36.4 Å². The fraction of sp³-hybridized carbons (Fsp3) is 0.316. The summed E-state index contributed by atoms with van der Waals surface area (Å²) in [6.07, 6.45) is 0.137. The van der Waals surface area contributed by atoms with Crippen LogP contribution < -0.4 is 10.1 Å². The summed E-state index contributed by atoms with van der Waals surface area (Å²) in [6, 6.07) is 11.5. The Labute approximate surface area is 132 Å². The van der Waals surface area contributed by atoms with Crippen LogP contribution in [-0.4, -0.2) is 12.0 Å². The highest BCUT2D eigenvalue weighted by Crippen LogP contribution is 2.20. The van der Waals surface area contributed by atoms with Gasteiger partial charge in [-0.15, -0.1) is 0 Å². The Hall–Kier alpha value is -2.29. The summed E-state index contributed by atoms with van der Waals surface area (Å²) in [7, 11) is 0. The number of aryl methyl sites for hydroxylation is 3. The van der Waals surface area contributed by atoms with Crippen molar-refractivity contribution in [3.8, 4) is 5.75 Å². The molecule has 1 N–H and O–H groups in total. The highest BCUT2D eigenvalue weighted by Gasteiger charge is 2.13. The summed E-state index contributed by atoms with van der Waals surface area (Å²) in [5, 5.41) is 2.95. The monoisotopic (exact) mass is 297 g/mol. The number of hydrogen-bond acceptors (Lipinski definition) is 2. The maximum atomic E-state index is 12.5. The molecule has 116 valence electrons. The normalized spacial score (nSPS) is 10.6. The van der Waals surface area contributed by atoms with E-state index in [-0.39, 0.29) is 12.0 Å². The van der Waals surface area contributed by atoms with Gasteiger partial charge in [0.25, 0.3) is 5.91 Å². The van der Waals surface area contributed by atoms with Crippen molar-refractivity contribution in [2.45, 2.75) is 40.7 Å². The molecule has 0 saturated heterocycles. The van der Waals surface area contributed by atoms with Gasteiger partial charge in [0, 0.05) is 11.3 Å². The summed E-state index contributed by atoms with van der Waals surface area (Å²) in [5.41, 5.74) is 4.67. The minimum atomic E-state index is -0.0764. The van der Waals surface area contributed by atoms with Crippen LogP contribution in [0.4, 0.5) is 5.69 Å². The first kappa shape index (κ1) is 16.1. The highest BCUT2D eigenvalue weighted by molar-refractivity contribution is 6.06. The summed E-state index contributed by atoms with van der Waals surface area (Å²) in [5.74, 6) is 0.725. The summed E-state index contributed by atoms with van der Waals surface area (Å²) >= 11 is 0. The van der Waals surface area contributed by atoms with E-state index in [9.17, 15) is 4.79 Å². The number of carbonyl (C=O) groups excluding carboxylic acids is 1. The number of rotatable bonds is 4. The topological polar surface area (TPSA) is 38.3 Å². The second-order valence-electron chi connectivity index (χ2n) is 5.92. The zero-order chi connectivity index (χ0) is 16.3. The van der Waals surface area contributed by atoms with E-state index in [1.54, 1.807) is 0 Å². The van der Waals surface area contributed by atoms with Crippen LogP contribution in [0.25, 0.3) is 0 Å². The van der Waals surface area contributed by atoms with Crippen molar-refractivity contribution in [1.29, 1.82) is 0 Å². The third-order valence-corrected chi connectivity index (χ3v) is 3.39. The fourth-order valence-electron chi connectivity index (χ4n) is 2.62. The standard InChI is InChI=1S/C19H23NO2/c1-12(2)22-17-8-6-16(7-9-17)20-19(21)18-14(4)10-13(3)11-15(18)5/h6-12H,1-5H3,(H,20,21). The van der Waals surface area contributed by atoms with Crippen LogP contribution >= 0.6 is 0 Å². The molecule has 22 heavy (non-hydrogen) atoms. The van der Waals surface area contributed by atoms with Crippen molar-refractivity contribution in [2.24, 2.45) is 0 Å². The molecule has 2 aromatic rings. The lowest BCUT2D eigenvalue weighted by Crippen LogP contribution is -2.15. The lowest BCUT2D eigenvalue weighted by molar-refractivity contribution is 0.102. The van der Waals surface area contributed by atoms with E-state index in [4.69, 9.17) is 4.74 Å². The molecule has 0 bridgehead atoms. The van der Waals surface area contributed by atoms with Gasteiger partial charge >= 0.3 is 0 Å². The first-order valence-electron chi connectivity index (χ1n) is 7.52. The number of amides is 1. The van der Waals surface area contributed by atoms with Gasteiger partial charge in [0.2, 0.25) is 0 Å². The maximum absolute atomic E-state index is 12.5. The van der Waals surface area contributed by atoms with Crippen LogP contribution in [0.1, 0.15) is 40.9 Å². The number of anilines is 1. The molecule has 0 radical (unpaired) electrons. The van der Waals surface area contributed by atoms with E-state index in [1.165, 1.54) is 5.56 Å². The maximum Gasteiger partial charge on any atom is 0.256 e.